The van der Waals surface area contributed by atoms with Gasteiger partial charge in [0, 0.05) is 30.8 Å². The number of guanidine groups is 1. The lowest BCUT2D eigenvalue weighted by molar-refractivity contribution is 0.145. The van der Waals surface area contributed by atoms with E-state index in [1.54, 1.807) is 11.3 Å². The van der Waals surface area contributed by atoms with E-state index in [2.05, 4.69) is 15.3 Å². The van der Waals surface area contributed by atoms with Crippen LogP contribution in [0.25, 0.3) is 0 Å². The Morgan fingerprint density at radius 2 is 2.47 bits per heavy atom. The first kappa shape index (κ1) is 13.9. The maximum absolute atomic E-state index is 5.73. The third-order valence-corrected chi connectivity index (χ3v) is 2.95. The van der Waals surface area contributed by atoms with Crippen LogP contribution in [0, 0.1) is 6.92 Å². The topological polar surface area (TPSA) is 72.5 Å². The number of aryl methyl sites for hydroxylation is 1. The molecule has 0 saturated heterocycles. The van der Waals surface area contributed by atoms with Crippen molar-refractivity contribution in [1.82, 2.24) is 10.3 Å². The number of nitrogens with zero attached hydrogens (tertiary/aromatic N) is 2. The smallest absolute Gasteiger partial charge is 0.188 e. The van der Waals surface area contributed by atoms with Gasteiger partial charge < -0.3 is 15.8 Å². The van der Waals surface area contributed by atoms with Crippen molar-refractivity contribution in [2.45, 2.75) is 26.8 Å². The van der Waals surface area contributed by atoms with Crippen LogP contribution in [0.15, 0.2) is 11.2 Å². The second-order valence-electron chi connectivity index (χ2n) is 3.52. The van der Waals surface area contributed by atoms with E-state index in [9.17, 15) is 0 Å². The quantitative estimate of drug-likeness (QED) is 0.438. The molecule has 0 radical (unpaired) electrons. The molecule has 1 heterocycles. The second kappa shape index (κ2) is 8.03. The largest absolute Gasteiger partial charge is 0.382 e. The summed E-state index contributed by atoms with van der Waals surface area (Å²) in [6.07, 6.45) is 2.77. The van der Waals surface area contributed by atoms with Crippen LogP contribution in [0.1, 0.15) is 23.2 Å². The Labute approximate surface area is 106 Å². The van der Waals surface area contributed by atoms with Crippen LogP contribution in [-0.4, -0.2) is 30.7 Å². The average molecular weight is 256 g/mol. The molecule has 17 heavy (non-hydrogen) atoms. The van der Waals surface area contributed by atoms with E-state index < -0.39 is 0 Å². The van der Waals surface area contributed by atoms with Crippen LogP contribution in [0.5, 0.6) is 0 Å². The van der Waals surface area contributed by atoms with Gasteiger partial charge in [-0.1, -0.05) is 0 Å². The Morgan fingerprint density at radius 1 is 1.65 bits per heavy atom. The molecule has 1 aromatic rings. The molecule has 0 amide bonds. The number of thiazole rings is 1. The summed E-state index contributed by atoms with van der Waals surface area (Å²) < 4.78 is 5.22. The van der Waals surface area contributed by atoms with Gasteiger partial charge in [-0.3, -0.25) is 0 Å². The zero-order valence-electron chi connectivity index (χ0n) is 10.4. The van der Waals surface area contributed by atoms with Gasteiger partial charge in [-0.15, -0.1) is 11.3 Å². The maximum atomic E-state index is 5.73. The van der Waals surface area contributed by atoms with Crippen LogP contribution >= 0.6 is 11.3 Å². The molecule has 3 N–H and O–H groups in total. The number of hydrogen-bond acceptors (Lipinski definition) is 4. The highest BCUT2D eigenvalue weighted by molar-refractivity contribution is 7.11. The van der Waals surface area contributed by atoms with Crippen LogP contribution in [0.2, 0.25) is 0 Å². The molecule has 0 aromatic carbocycles. The molecule has 0 unspecified atom stereocenters. The lowest BCUT2D eigenvalue weighted by atomic mass is 10.4. The number of nitrogens with two attached hydrogens (primary N) is 1. The minimum atomic E-state index is 0.479. The lowest BCUT2D eigenvalue weighted by Crippen LogP contribution is -2.32. The molecule has 6 heteroatoms. The van der Waals surface area contributed by atoms with Crippen LogP contribution < -0.4 is 11.1 Å². The average Bonchev–Trinajstić information content (AvgIpc) is 2.72. The molecule has 96 valence electrons. The number of aliphatic imine (C=N–C) groups is 1. The van der Waals surface area contributed by atoms with Crippen molar-refractivity contribution < 1.29 is 4.74 Å². The fourth-order valence-corrected chi connectivity index (χ4v) is 1.95. The standard InChI is InChI=1S/C11H20N4OS/c1-3-16-6-4-5-13-11(12)15-8-10-7-14-9(2)17-10/h7H,3-6,8H2,1-2H3,(H3,12,13,15). The van der Waals surface area contributed by atoms with E-state index in [0.717, 1.165) is 36.1 Å². The van der Waals surface area contributed by atoms with Crippen LogP contribution in [0.3, 0.4) is 0 Å². The molecule has 0 aliphatic carbocycles. The normalized spacial score (nSPS) is 11.8. The van der Waals surface area contributed by atoms with Gasteiger partial charge in [0.25, 0.3) is 0 Å². The molecule has 1 aromatic heterocycles. The van der Waals surface area contributed by atoms with Crippen molar-refractivity contribution >= 4 is 17.3 Å². The number of hydrogen-bond donors (Lipinski definition) is 2. The van der Waals surface area contributed by atoms with Gasteiger partial charge in [-0.25, -0.2) is 9.98 Å². The van der Waals surface area contributed by atoms with Crippen molar-refractivity contribution in [3.05, 3.63) is 16.1 Å². The fourth-order valence-electron chi connectivity index (χ4n) is 1.23. The fraction of sp³-hybridized carbons (Fsp3) is 0.636. The van der Waals surface area contributed by atoms with Gasteiger partial charge in [0.15, 0.2) is 5.96 Å². The minimum absolute atomic E-state index is 0.479. The molecule has 0 aliphatic heterocycles. The molecule has 1 rings (SSSR count). The van der Waals surface area contributed by atoms with Gasteiger partial charge in [-0.05, 0) is 20.3 Å². The monoisotopic (exact) mass is 256 g/mol. The van der Waals surface area contributed by atoms with Gasteiger partial charge >= 0.3 is 0 Å². The van der Waals surface area contributed by atoms with Crippen LogP contribution in [0.4, 0.5) is 0 Å². The highest BCUT2D eigenvalue weighted by Crippen LogP contribution is 2.11. The molecule has 0 fully saturated rings. The van der Waals surface area contributed by atoms with E-state index in [4.69, 9.17) is 10.5 Å². The van der Waals surface area contributed by atoms with E-state index >= 15 is 0 Å². The summed E-state index contributed by atoms with van der Waals surface area (Å²) in [5, 5.41) is 4.10. The number of aromatic nitrogens is 1. The predicted octanol–water partition coefficient (Wildman–Crippen LogP) is 1.28. The first-order valence-electron chi connectivity index (χ1n) is 5.75. The third-order valence-electron chi connectivity index (χ3n) is 2.05. The Morgan fingerprint density at radius 3 is 3.12 bits per heavy atom. The predicted molar refractivity (Wildman–Crippen MR) is 71.3 cm³/mol. The van der Waals surface area contributed by atoms with E-state index in [1.807, 2.05) is 20.0 Å². The van der Waals surface area contributed by atoms with E-state index in [-0.39, 0.29) is 0 Å². The first-order chi connectivity index (χ1) is 8.22. The number of rotatable bonds is 7. The number of nitrogens with one attached hydrogen (secondary N) is 1. The summed E-state index contributed by atoms with van der Waals surface area (Å²) in [6.45, 7) is 6.86. The third kappa shape index (κ3) is 6.23. The summed E-state index contributed by atoms with van der Waals surface area (Å²) in [4.78, 5) is 9.53. The summed E-state index contributed by atoms with van der Waals surface area (Å²) in [5.74, 6) is 0.479. The summed E-state index contributed by atoms with van der Waals surface area (Å²) in [5.41, 5.74) is 5.73. The SMILES string of the molecule is CCOCCCNC(N)=NCc1cnc(C)s1. The summed E-state index contributed by atoms with van der Waals surface area (Å²) >= 11 is 1.64. The van der Waals surface area contributed by atoms with Gasteiger partial charge in [0.05, 0.1) is 11.6 Å². The van der Waals surface area contributed by atoms with Crippen LogP contribution in [-0.2, 0) is 11.3 Å². The number of ether oxygens (including phenoxy) is 1. The Kier molecular flexibility index (Phi) is 6.57. The lowest BCUT2D eigenvalue weighted by Gasteiger charge is -2.05. The van der Waals surface area contributed by atoms with E-state index in [0.29, 0.717) is 12.5 Å². The summed E-state index contributed by atoms with van der Waals surface area (Å²) in [7, 11) is 0. The van der Waals surface area contributed by atoms with Crippen molar-refractivity contribution in [2.75, 3.05) is 19.8 Å². The van der Waals surface area contributed by atoms with Gasteiger partial charge in [-0.2, -0.15) is 0 Å². The second-order valence-corrected chi connectivity index (χ2v) is 4.84. The Hall–Kier alpha value is -1.14. The molecular formula is C11H20N4OS. The molecule has 0 spiro atoms. The van der Waals surface area contributed by atoms with Gasteiger partial charge in [0.1, 0.15) is 0 Å². The summed E-state index contributed by atoms with van der Waals surface area (Å²) in [6, 6.07) is 0. The molecule has 5 nitrogen and oxygen atoms in total. The zero-order chi connectivity index (χ0) is 12.5. The molecule has 0 atom stereocenters. The molecule has 0 saturated carbocycles. The van der Waals surface area contributed by atoms with E-state index in [1.165, 1.54) is 0 Å². The molecule has 0 aliphatic rings. The van der Waals surface area contributed by atoms with Crippen molar-refractivity contribution in [1.29, 1.82) is 0 Å². The highest BCUT2D eigenvalue weighted by atomic mass is 32.1. The Balaban J connectivity index is 2.16. The maximum Gasteiger partial charge on any atom is 0.188 e. The first-order valence-corrected chi connectivity index (χ1v) is 6.57. The highest BCUT2D eigenvalue weighted by Gasteiger charge is 1.97. The van der Waals surface area contributed by atoms with Gasteiger partial charge in [0.2, 0.25) is 0 Å². The zero-order valence-corrected chi connectivity index (χ0v) is 11.2. The van der Waals surface area contributed by atoms with Crippen molar-refractivity contribution in [2.24, 2.45) is 10.7 Å². The molecular weight excluding hydrogens is 236 g/mol. The van der Waals surface area contributed by atoms with Crippen molar-refractivity contribution in [3.63, 3.8) is 0 Å². The molecule has 0 bridgehead atoms. The Bertz CT molecular complexity index is 351. The van der Waals surface area contributed by atoms with Crippen molar-refractivity contribution in [3.8, 4) is 0 Å². The minimum Gasteiger partial charge on any atom is -0.382 e.